The van der Waals surface area contributed by atoms with Crippen LogP contribution in [-0.4, -0.2) is 15.8 Å². The van der Waals surface area contributed by atoms with Gasteiger partial charge in [-0.2, -0.15) is 0 Å². The number of hydrogen-bond acceptors (Lipinski definition) is 3. The maximum absolute atomic E-state index is 11.9. The molecule has 1 aromatic carbocycles. The molecule has 0 bridgehead atoms. The lowest BCUT2D eigenvalue weighted by atomic mass is 9.98. The Balaban J connectivity index is 2.38. The highest BCUT2D eigenvalue weighted by atomic mass is 35.5. The Morgan fingerprint density at radius 3 is 2.74 bits per heavy atom. The maximum atomic E-state index is 11.9. The van der Waals surface area contributed by atoms with Crippen LogP contribution in [0.25, 0.3) is 0 Å². The average molecular weight is 295 g/mol. The topological polar surface area (TPSA) is 42.9 Å². The first-order valence-electron chi connectivity index (χ1n) is 5.89. The highest BCUT2D eigenvalue weighted by molar-refractivity contribution is 6.32. The maximum Gasteiger partial charge on any atom is 0.222 e. The summed E-state index contributed by atoms with van der Waals surface area (Å²) >= 11 is 11.8. The molecule has 0 aliphatic carbocycles. The molecule has 19 heavy (non-hydrogen) atoms. The highest BCUT2D eigenvalue weighted by Gasteiger charge is 2.12. The number of rotatable bonds is 4. The molecule has 1 heterocycles. The van der Waals surface area contributed by atoms with Crippen molar-refractivity contribution in [2.45, 2.75) is 19.8 Å². The number of aromatic nitrogens is 2. The van der Waals surface area contributed by atoms with Crippen LogP contribution in [0.5, 0.6) is 0 Å². The SMILES string of the molecule is CCC(=O)c1ccccc1Cc1nc(Cl)ncc1Cl. The fourth-order valence-corrected chi connectivity index (χ4v) is 2.13. The van der Waals surface area contributed by atoms with Gasteiger partial charge in [0.1, 0.15) is 0 Å². The number of carbonyl (C=O) groups is 1. The minimum Gasteiger partial charge on any atom is -0.294 e. The van der Waals surface area contributed by atoms with Gasteiger partial charge in [-0.05, 0) is 17.2 Å². The first-order valence-corrected chi connectivity index (χ1v) is 6.65. The summed E-state index contributed by atoms with van der Waals surface area (Å²) in [5, 5.41) is 0.599. The van der Waals surface area contributed by atoms with Crippen molar-refractivity contribution in [1.82, 2.24) is 9.97 Å². The van der Waals surface area contributed by atoms with Crippen molar-refractivity contribution in [3.8, 4) is 0 Å². The molecule has 0 unspecified atom stereocenters. The normalized spacial score (nSPS) is 10.5. The summed E-state index contributed by atoms with van der Waals surface area (Å²) in [4.78, 5) is 19.8. The van der Waals surface area contributed by atoms with E-state index in [9.17, 15) is 4.79 Å². The predicted molar refractivity (Wildman–Crippen MR) is 75.9 cm³/mol. The molecule has 0 fully saturated rings. The fraction of sp³-hybridized carbons (Fsp3) is 0.214. The molecule has 0 aliphatic rings. The Morgan fingerprint density at radius 1 is 1.26 bits per heavy atom. The molecular formula is C14H12Cl2N2O. The predicted octanol–water partition coefficient (Wildman–Crippen LogP) is 3.97. The molecule has 0 saturated carbocycles. The van der Waals surface area contributed by atoms with Crippen molar-refractivity contribution in [3.63, 3.8) is 0 Å². The monoisotopic (exact) mass is 294 g/mol. The molecule has 0 aliphatic heterocycles. The second kappa shape index (κ2) is 6.13. The summed E-state index contributed by atoms with van der Waals surface area (Å²) in [5.74, 6) is 0.104. The number of halogens is 2. The van der Waals surface area contributed by atoms with Gasteiger partial charge in [-0.1, -0.05) is 42.8 Å². The summed E-state index contributed by atoms with van der Waals surface area (Å²) in [6.07, 6.45) is 2.40. The second-order valence-electron chi connectivity index (χ2n) is 4.04. The second-order valence-corrected chi connectivity index (χ2v) is 4.79. The quantitative estimate of drug-likeness (QED) is 0.633. The standard InChI is InChI=1S/C14H12Cl2N2O/c1-2-13(19)10-6-4-3-5-9(10)7-12-11(15)8-17-14(16)18-12/h3-6,8H,2,7H2,1H3. The van der Waals surface area contributed by atoms with Crippen LogP contribution in [0, 0.1) is 0 Å². The van der Waals surface area contributed by atoms with E-state index in [0.717, 1.165) is 5.56 Å². The first-order chi connectivity index (χ1) is 9.11. The Bertz CT molecular complexity index is 614. The zero-order valence-corrected chi connectivity index (χ0v) is 11.9. The van der Waals surface area contributed by atoms with Crippen LogP contribution in [0.2, 0.25) is 10.3 Å². The smallest absolute Gasteiger partial charge is 0.222 e. The summed E-state index contributed by atoms with van der Waals surface area (Å²) in [6, 6.07) is 7.45. The van der Waals surface area contributed by atoms with E-state index >= 15 is 0 Å². The van der Waals surface area contributed by atoms with E-state index in [1.165, 1.54) is 6.20 Å². The Labute approximate surface area is 121 Å². The number of carbonyl (C=O) groups excluding carboxylic acids is 1. The van der Waals surface area contributed by atoms with Crippen LogP contribution in [0.15, 0.2) is 30.5 Å². The molecule has 2 aromatic rings. The Morgan fingerprint density at radius 2 is 2.00 bits per heavy atom. The van der Waals surface area contributed by atoms with Gasteiger partial charge in [0.2, 0.25) is 5.28 Å². The number of ketones is 1. The third kappa shape index (κ3) is 3.31. The van der Waals surface area contributed by atoms with E-state index in [1.54, 1.807) is 0 Å². The van der Waals surface area contributed by atoms with Crippen LogP contribution >= 0.6 is 23.2 Å². The van der Waals surface area contributed by atoms with Crippen molar-refractivity contribution in [2.24, 2.45) is 0 Å². The Hall–Kier alpha value is -1.45. The lowest BCUT2D eigenvalue weighted by molar-refractivity contribution is 0.0987. The van der Waals surface area contributed by atoms with Crippen LogP contribution in [0.3, 0.4) is 0 Å². The van der Waals surface area contributed by atoms with Crippen LogP contribution in [0.1, 0.15) is 35.0 Å². The molecular weight excluding hydrogens is 283 g/mol. The van der Waals surface area contributed by atoms with Crippen molar-refractivity contribution in [3.05, 3.63) is 57.6 Å². The summed E-state index contributed by atoms with van der Waals surface area (Å²) < 4.78 is 0. The third-order valence-corrected chi connectivity index (χ3v) is 3.28. The van der Waals surface area contributed by atoms with Crippen molar-refractivity contribution in [1.29, 1.82) is 0 Å². The van der Waals surface area contributed by atoms with E-state index in [0.29, 0.717) is 29.1 Å². The summed E-state index contributed by atoms with van der Waals surface area (Å²) in [7, 11) is 0. The largest absolute Gasteiger partial charge is 0.294 e. The van der Waals surface area contributed by atoms with Gasteiger partial charge in [-0.25, -0.2) is 9.97 Å². The van der Waals surface area contributed by atoms with Crippen molar-refractivity contribution in [2.75, 3.05) is 0 Å². The fourth-order valence-electron chi connectivity index (χ4n) is 1.82. The lowest BCUT2D eigenvalue weighted by Gasteiger charge is -2.08. The molecule has 0 saturated heterocycles. The number of hydrogen-bond donors (Lipinski definition) is 0. The minimum atomic E-state index is 0.104. The molecule has 0 N–H and O–H groups in total. The van der Waals surface area contributed by atoms with Crippen molar-refractivity contribution >= 4 is 29.0 Å². The molecule has 0 atom stereocenters. The number of Topliss-reactive ketones (excluding diaryl/α,β-unsaturated/α-hetero) is 1. The van der Waals surface area contributed by atoms with Gasteiger partial charge in [0.15, 0.2) is 5.78 Å². The zero-order chi connectivity index (χ0) is 13.8. The molecule has 0 radical (unpaired) electrons. The van der Waals surface area contributed by atoms with Crippen molar-refractivity contribution < 1.29 is 4.79 Å². The van der Waals surface area contributed by atoms with E-state index < -0.39 is 0 Å². The molecule has 2 rings (SSSR count). The first kappa shape index (κ1) is 14.0. The van der Waals surface area contributed by atoms with Gasteiger partial charge in [0.05, 0.1) is 16.9 Å². The lowest BCUT2D eigenvalue weighted by Crippen LogP contribution is -2.04. The van der Waals surface area contributed by atoms with Crippen LogP contribution in [-0.2, 0) is 6.42 Å². The molecule has 5 heteroatoms. The van der Waals surface area contributed by atoms with Gasteiger partial charge in [0.25, 0.3) is 0 Å². The molecule has 98 valence electrons. The molecule has 1 aromatic heterocycles. The third-order valence-electron chi connectivity index (χ3n) is 2.78. The van der Waals surface area contributed by atoms with E-state index in [2.05, 4.69) is 9.97 Å². The highest BCUT2D eigenvalue weighted by Crippen LogP contribution is 2.21. The number of benzene rings is 1. The summed E-state index contributed by atoms with van der Waals surface area (Å²) in [6.45, 7) is 1.84. The van der Waals surface area contributed by atoms with Gasteiger partial charge < -0.3 is 0 Å². The zero-order valence-electron chi connectivity index (χ0n) is 10.4. The van der Waals surface area contributed by atoms with Crippen LogP contribution in [0.4, 0.5) is 0 Å². The number of nitrogens with zero attached hydrogens (tertiary/aromatic N) is 2. The van der Waals surface area contributed by atoms with E-state index in [-0.39, 0.29) is 11.1 Å². The van der Waals surface area contributed by atoms with Gasteiger partial charge in [-0.15, -0.1) is 0 Å². The van der Waals surface area contributed by atoms with Crippen LogP contribution < -0.4 is 0 Å². The van der Waals surface area contributed by atoms with Gasteiger partial charge in [-0.3, -0.25) is 4.79 Å². The minimum absolute atomic E-state index is 0.104. The van der Waals surface area contributed by atoms with Gasteiger partial charge in [0, 0.05) is 18.4 Å². The van der Waals surface area contributed by atoms with E-state index in [4.69, 9.17) is 23.2 Å². The molecule has 3 nitrogen and oxygen atoms in total. The summed E-state index contributed by atoms with van der Waals surface area (Å²) in [5.41, 5.74) is 2.22. The van der Waals surface area contributed by atoms with E-state index in [1.807, 2.05) is 31.2 Å². The average Bonchev–Trinajstić information content (AvgIpc) is 2.42. The molecule has 0 amide bonds. The van der Waals surface area contributed by atoms with Gasteiger partial charge >= 0.3 is 0 Å². The Kier molecular flexibility index (Phi) is 4.51. The molecule has 0 spiro atoms.